The monoisotopic (exact) mass is 400 g/mol. The van der Waals surface area contributed by atoms with Crippen molar-refractivity contribution >= 4 is 34.8 Å². The zero-order valence-corrected chi connectivity index (χ0v) is 16.7. The highest BCUT2D eigenvalue weighted by atomic mass is 35.5. The minimum Gasteiger partial charge on any atom is -0.506 e. The molecule has 6 heteroatoms. The molecule has 0 unspecified atom stereocenters. The molecule has 0 aromatic heterocycles. The van der Waals surface area contributed by atoms with E-state index in [9.17, 15) is 5.11 Å². The number of aromatic hydroxyl groups is 1. The predicted molar refractivity (Wildman–Crippen MR) is 107 cm³/mol. The van der Waals surface area contributed by atoms with Crippen molar-refractivity contribution in [1.82, 2.24) is 9.80 Å². The summed E-state index contributed by atoms with van der Waals surface area (Å²) in [7, 11) is 4.14. The van der Waals surface area contributed by atoms with Gasteiger partial charge in [0.1, 0.15) is 5.75 Å². The smallest absolute Gasteiger partial charge is 0.134 e. The minimum absolute atomic E-state index is 0.106. The Morgan fingerprint density at radius 1 is 0.800 bits per heavy atom. The third kappa shape index (κ3) is 6.69. The predicted octanol–water partition coefficient (Wildman–Crippen LogP) is 5.31. The number of hydrogen-bond donors (Lipinski definition) is 1. The van der Waals surface area contributed by atoms with Crippen LogP contribution < -0.4 is 0 Å². The van der Waals surface area contributed by atoms with E-state index in [1.165, 1.54) is 0 Å². The van der Waals surface area contributed by atoms with Crippen LogP contribution in [0.5, 0.6) is 5.75 Å². The maximum absolute atomic E-state index is 9.59. The van der Waals surface area contributed by atoms with Crippen LogP contribution >= 0.6 is 34.8 Å². The van der Waals surface area contributed by atoms with Crippen LogP contribution in [0.2, 0.25) is 15.1 Å². The fourth-order valence-electron chi connectivity index (χ4n) is 2.63. The number of halogens is 3. The van der Waals surface area contributed by atoms with Crippen molar-refractivity contribution in [2.45, 2.75) is 19.5 Å². The summed E-state index contributed by atoms with van der Waals surface area (Å²) in [5, 5.41) is 11.1. The van der Waals surface area contributed by atoms with Crippen LogP contribution in [-0.2, 0) is 13.1 Å². The van der Waals surface area contributed by atoms with Crippen molar-refractivity contribution in [2.75, 3.05) is 27.2 Å². The molecule has 0 amide bonds. The molecule has 3 nitrogen and oxygen atoms in total. The van der Waals surface area contributed by atoms with Gasteiger partial charge in [-0.2, -0.15) is 0 Å². The number of rotatable bonds is 8. The van der Waals surface area contributed by atoms with Crippen LogP contribution in [0.25, 0.3) is 0 Å². The Kier molecular flexibility index (Phi) is 7.85. The molecular formula is C19H23Cl3N2O. The molecule has 1 N–H and O–H groups in total. The molecule has 0 saturated heterocycles. The van der Waals surface area contributed by atoms with Crippen LogP contribution in [0.15, 0.2) is 36.4 Å². The van der Waals surface area contributed by atoms with Gasteiger partial charge in [0.05, 0.1) is 15.1 Å². The summed E-state index contributed by atoms with van der Waals surface area (Å²) < 4.78 is 0. The van der Waals surface area contributed by atoms with E-state index in [0.29, 0.717) is 15.1 Å². The van der Waals surface area contributed by atoms with E-state index in [4.69, 9.17) is 34.8 Å². The molecule has 0 saturated carbocycles. The normalized spacial score (nSPS) is 11.5. The molecule has 2 aromatic carbocycles. The summed E-state index contributed by atoms with van der Waals surface area (Å²) in [5.74, 6) is 0.106. The molecule has 2 rings (SSSR count). The second-order valence-corrected chi connectivity index (χ2v) is 7.62. The van der Waals surface area contributed by atoms with Crippen LogP contribution in [-0.4, -0.2) is 42.1 Å². The van der Waals surface area contributed by atoms with Crippen LogP contribution in [0.1, 0.15) is 17.5 Å². The zero-order chi connectivity index (χ0) is 18.4. The minimum atomic E-state index is 0.106. The van der Waals surface area contributed by atoms with E-state index in [1.54, 1.807) is 6.07 Å². The Morgan fingerprint density at radius 2 is 1.40 bits per heavy atom. The molecular weight excluding hydrogens is 379 g/mol. The van der Waals surface area contributed by atoms with Gasteiger partial charge in [0.25, 0.3) is 0 Å². The average molecular weight is 402 g/mol. The molecule has 0 aliphatic rings. The number of phenolic OH excluding ortho intramolecular Hbond substituents is 1. The van der Waals surface area contributed by atoms with Crippen LogP contribution in [0, 0.1) is 0 Å². The molecule has 0 aliphatic heterocycles. The van der Waals surface area contributed by atoms with Crippen molar-refractivity contribution in [3.8, 4) is 5.75 Å². The standard InChI is InChI=1S/C19H23Cl3N2O/c1-23(2)8-3-9-24(12-14-4-6-16(20)17(21)10-14)13-15-5-7-19(25)18(22)11-15/h4-7,10-11,25H,3,8-9,12-13H2,1-2H3. The lowest BCUT2D eigenvalue weighted by molar-refractivity contribution is 0.239. The lowest BCUT2D eigenvalue weighted by Gasteiger charge is -2.24. The van der Waals surface area contributed by atoms with E-state index >= 15 is 0 Å². The van der Waals surface area contributed by atoms with Gasteiger partial charge < -0.3 is 10.0 Å². The van der Waals surface area contributed by atoms with E-state index < -0.39 is 0 Å². The van der Waals surface area contributed by atoms with Crippen molar-refractivity contribution in [3.05, 3.63) is 62.6 Å². The number of phenols is 1. The highest BCUT2D eigenvalue weighted by Gasteiger charge is 2.10. The van der Waals surface area contributed by atoms with Gasteiger partial charge in [0.15, 0.2) is 0 Å². The van der Waals surface area contributed by atoms with Gasteiger partial charge in [0, 0.05) is 19.6 Å². The molecule has 25 heavy (non-hydrogen) atoms. The van der Waals surface area contributed by atoms with E-state index in [2.05, 4.69) is 23.9 Å². The molecule has 136 valence electrons. The first-order chi connectivity index (χ1) is 11.8. The van der Waals surface area contributed by atoms with E-state index in [-0.39, 0.29) is 5.75 Å². The fourth-order valence-corrected chi connectivity index (χ4v) is 3.15. The second-order valence-electron chi connectivity index (χ2n) is 6.40. The van der Waals surface area contributed by atoms with E-state index in [1.807, 2.05) is 30.3 Å². The number of nitrogens with zero attached hydrogens (tertiary/aromatic N) is 2. The molecule has 0 spiro atoms. The Labute approximate surface area is 164 Å². The lowest BCUT2D eigenvalue weighted by Crippen LogP contribution is -2.26. The highest BCUT2D eigenvalue weighted by Crippen LogP contribution is 2.26. The maximum Gasteiger partial charge on any atom is 0.134 e. The van der Waals surface area contributed by atoms with Crippen molar-refractivity contribution < 1.29 is 5.11 Å². The van der Waals surface area contributed by atoms with Crippen molar-refractivity contribution in [1.29, 1.82) is 0 Å². The van der Waals surface area contributed by atoms with Gasteiger partial charge >= 0.3 is 0 Å². The third-order valence-corrected chi connectivity index (χ3v) is 4.93. The third-order valence-electron chi connectivity index (χ3n) is 3.89. The molecule has 2 aromatic rings. The van der Waals surface area contributed by atoms with E-state index in [0.717, 1.165) is 43.7 Å². The molecule has 0 aliphatic carbocycles. The molecule has 0 atom stereocenters. The number of benzene rings is 2. The van der Waals surface area contributed by atoms with Crippen molar-refractivity contribution in [2.24, 2.45) is 0 Å². The average Bonchev–Trinajstić information content (AvgIpc) is 2.54. The molecule has 0 radical (unpaired) electrons. The largest absolute Gasteiger partial charge is 0.506 e. The molecule has 0 fully saturated rings. The quantitative estimate of drug-likeness (QED) is 0.649. The Bertz CT molecular complexity index is 654. The lowest BCUT2D eigenvalue weighted by atomic mass is 10.1. The van der Waals surface area contributed by atoms with Crippen molar-refractivity contribution in [3.63, 3.8) is 0 Å². The first-order valence-corrected chi connectivity index (χ1v) is 9.27. The van der Waals surface area contributed by atoms with Gasteiger partial charge in [-0.3, -0.25) is 4.90 Å². The summed E-state index contributed by atoms with van der Waals surface area (Å²) in [6.45, 7) is 3.47. The second kappa shape index (κ2) is 9.65. The van der Waals surface area contributed by atoms with Gasteiger partial charge in [0.2, 0.25) is 0 Å². The van der Waals surface area contributed by atoms with Gasteiger partial charge in [-0.25, -0.2) is 0 Å². The van der Waals surface area contributed by atoms with Gasteiger partial charge in [-0.05, 0) is 62.5 Å². The topological polar surface area (TPSA) is 26.7 Å². The van der Waals surface area contributed by atoms with Gasteiger partial charge in [-0.15, -0.1) is 0 Å². The summed E-state index contributed by atoms with van der Waals surface area (Å²) in [4.78, 5) is 4.51. The zero-order valence-electron chi connectivity index (χ0n) is 14.5. The molecule has 0 bridgehead atoms. The van der Waals surface area contributed by atoms with Gasteiger partial charge in [-0.1, -0.05) is 46.9 Å². The first-order valence-electron chi connectivity index (χ1n) is 8.13. The summed E-state index contributed by atoms with van der Waals surface area (Å²) in [6, 6.07) is 11.1. The number of hydrogen-bond acceptors (Lipinski definition) is 3. The maximum atomic E-state index is 9.59. The first kappa shape index (κ1) is 20.3. The highest BCUT2D eigenvalue weighted by molar-refractivity contribution is 6.42. The summed E-state index contributed by atoms with van der Waals surface area (Å²) >= 11 is 18.2. The Hall–Kier alpha value is -0.970. The van der Waals surface area contributed by atoms with Crippen LogP contribution in [0.3, 0.4) is 0 Å². The van der Waals surface area contributed by atoms with Crippen LogP contribution in [0.4, 0.5) is 0 Å². The molecule has 0 heterocycles. The summed E-state index contributed by atoms with van der Waals surface area (Å²) in [5.41, 5.74) is 2.18. The SMILES string of the molecule is CN(C)CCCN(Cc1ccc(O)c(Cl)c1)Cc1ccc(Cl)c(Cl)c1. The fraction of sp³-hybridized carbons (Fsp3) is 0.368. The Morgan fingerprint density at radius 3 is 1.96 bits per heavy atom. The summed E-state index contributed by atoms with van der Waals surface area (Å²) in [6.07, 6.45) is 1.06. The Balaban J connectivity index is 2.10.